The fourth-order valence-electron chi connectivity index (χ4n) is 2.86. The molecule has 1 aliphatic carbocycles. The van der Waals surface area contributed by atoms with E-state index >= 15 is 0 Å². The molecule has 1 N–H and O–H groups in total. The van der Waals surface area contributed by atoms with Crippen molar-refractivity contribution in [1.82, 2.24) is 10.2 Å². The van der Waals surface area contributed by atoms with Gasteiger partial charge in [0.2, 0.25) is 5.91 Å². The Balaban J connectivity index is 1.69. The maximum Gasteiger partial charge on any atom is 0.223 e. The highest BCUT2D eigenvalue weighted by Crippen LogP contribution is 2.29. The van der Waals surface area contributed by atoms with Gasteiger partial charge in [0.25, 0.3) is 0 Å². The smallest absolute Gasteiger partial charge is 0.223 e. The minimum atomic E-state index is 0.192. The van der Waals surface area contributed by atoms with Crippen molar-refractivity contribution in [3.63, 3.8) is 0 Å². The van der Waals surface area contributed by atoms with Crippen LogP contribution < -0.4 is 10.1 Å². The third-order valence-corrected chi connectivity index (χ3v) is 4.40. The lowest BCUT2D eigenvalue weighted by Crippen LogP contribution is -2.44. The SMILES string of the molecule is COc1ccc([C@@H](CNC(=O)C2CC2)N2CCOCC2)cc1. The molecular weight excluding hydrogens is 280 g/mol. The number of hydrogen-bond acceptors (Lipinski definition) is 4. The van der Waals surface area contributed by atoms with Gasteiger partial charge in [-0.1, -0.05) is 12.1 Å². The van der Waals surface area contributed by atoms with Crippen molar-refractivity contribution in [2.45, 2.75) is 18.9 Å². The predicted molar refractivity (Wildman–Crippen MR) is 83.9 cm³/mol. The van der Waals surface area contributed by atoms with Crippen LogP contribution in [-0.2, 0) is 9.53 Å². The van der Waals surface area contributed by atoms with Crippen LogP contribution in [0.4, 0.5) is 0 Å². The van der Waals surface area contributed by atoms with E-state index in [1.165, 1.54) is 5.56 Å². The van der Waals surface area contributed by atoms with Crippen molar-refractivity contribution in [3.8, 4) is 5.75 Å². The minimum Gasteiger partial charge on any atom is -0.497 e. The van der Waals surface area contributed by atoms with E-state index in [2.05, 4.69) is 22.3 Å². The Morgan fingerprint density at radius 1 is 1.32 bits per heavy atom. The lowest BCUT2D eigenvalue weighted by Gasteiger charge is -2.35. The van der Waals surface area contributed by atoms with Crippen molar-refractivity contribution >= 4 is 5.91 Å². The van der Waals surface area contributed by atoms with Crippen LogP contribution in [0.3, 0.4) is 0 Å². The summed E-state index contributed by atoms with van der Waals surface area (Å²) in [6.07, 6.45) is 2.08. The fraction of sp³-hybridized carbons (Fsp3) is 0.588. The number of carbonyl (C=O) groups excluding carboxylic acids is 1. The first-order valence-corrected chi connectivity index (χ1v) is 8.01. The molecule has 0 spiro atoms. The first-order chi connectivity index (χ1) is 10.8. The number of methoxy groups -OCH3 is 1. The molecule has 1 heterocycles. The van der Waals surface area contributed by atoms with Gasteiger partial charge in [-0.2, -0.15) is 0 Å². The van der Waals surface area contributed by atoms with E-state index in [4.69, 9.17) is 9.47 Å². The van der Waals surface area contributed by atoms with E-state index in [9.17, 15) is 4.79 Å². The first kappa shape index (κ1) is 15.3. The van der Waals surface area contributed by atoms with Gasteiger partial charge in [-0.05, 0) is 30.5 Å². The summed E-state index contributed by atoms with van der Waals surface area (Å²) >= 11 is 0. The lowest BCUT2D eigenvalue weighted by molar-refractivity contribution is -0.122. The third kappa shape index (κ3) is 3.78. The Labute approximate surface area is 131 Å². The first-order valence-electron chi connectivity index (χ1n) is 8.01. The number of carbonyl (C=O) groups is 1. The van der Waals surface area contributed by atoms with E-state index in [0.29, 0.717) is 6.54 Å². The van der Waals surface area contributed by atoms with Gasteiger partial charge in [0.1, 0.15) is 5.75 Å². The highest BCUT2D eigenvalue weighted by atomic mass is 16.5. The normalized spacial score (nSPS) is 20.4. The van der Waals surface area contributed by atoms with E-state index in [1.54, 1.807) is 7.11 Å². The molecule has 1 aromatic rings. The molecular formula is C17H24N2O3. The van der Waals surface area contributed by atoms with Gasteiger partial charge in [-0.3, -0.25) is 9.69 Å². The Bertz CT molecular complexity index is 493. The van der Waals surface area contributed by atoms with Crippen molar-refractivity contribution in [2.75, 3.05) is 40.0 Å². The Hall–Kier alpha value is -1.59. The van der Waals surface area contributed by atoms with Crippen LogP contribution in [0.1, 0.15) is 24.4 Å². The molecule has 1 saturated carbocycles. The molecule has 0 aromatic heterocycles. The average molecular weight is 304 g/mol. The maximum atomic E-state index is 11.9. The summed E-state index contributed by atoms with van der Waals surface area (Å²) in [6, 6.07) is 8.32. The van der Waals surface area contributed by atoms with Gasteiger partial charge in [0.15, 0.2) is 0 Å². The molecule has 0 unspecified atom stereocenters. The summed E-state index contributed by atoms with van der Waals surface area (Å²) in [4.78, 5) is 14.3. The van der Waals surface area contributed by atoms with Gasteiger partial charge in [0, 0.05) is 25.6 Å². The second-order valence-corrected chi connectivity index (χ2v) is 5.96. The summed E-state index contributed by atoms with van der Waals surface area (Å²) in [5.74, 6) is 1.31. The zero-order chi connectivity index (χ0) is 15.4. The molecule has 1 saturated heterocycles. The van der Waals surface area contributed by atoms with Crippen LogP contribution in [0, 0.1) is 5.92 Å². The molecule has 2 aliphatic rings. The van der Waals surface area contributed by atoms with Gasteiger partial charge >= 0.3 is 0 Å². The number of benzene rings is 1. The van der Waals surface area contributed by atoms with Gasteiger partial charge in [-0.25, -0.2) is 0 Å². The zero-order valence-corrected chi connectivity index (χ0v) is 13.1. The summed E-state index contributed by atoms with van der Waals surface area (Å²) in [5, 5.41) is 3.12. The molecule has 1 aromatic carbocycles. The lowest BCUT2D eigenvalue weighted by atomic mass is 10.0. The Kier molecular flexibility index (Phi) is 4.95. The quantitative estimate of drug-likeness (QED) is 0.867. The standard InChI is InChI=1S/C17H24N2O3/c1-21-15-6-4-13(5-7-15)16(19-8-10-22-11-9-19)12-18-17(20)14-2-3-14/h4-7,14,16H,2-3,8-12H2,1H3,(H,18,20)/t16-/m1/s1. The summed E-state index contributed by atoms with van der Waals surface area (Å²) in [6.45, 7) is 3.96. The van der Waals surface area contributed by atoms with Crippen LogP contribution in [0.25, 0.3) is 0 Å². The summed E-state index contributed by atoms with van der Waals surface area (Å²) in [5.41, 5.74) is 1.21. The number of nitrogens with zero attached hydrogens (tertiary/aromatic N) is 1. The third-order valence-electron chi connectivity index (χ3n) is 4.40. The fourth-order valence-corrected chi connectivity index (χ4v) is 2.86. The van der Waals surface area contributed by atoms with Gasteiger partial charge in [0.05, 0.1) is 26.4 Å². The van der Waals surface area contributed by atoms with Crippen molar-refractivity contribution in [1.29, 1.82) is 0 Å². The monoisotopic (exact) mass is 304 g/mol. The van der Waals surface area contributed by atoms with Gasteiger partial charge in [-0.15, -0.1) is 0 Å². The molecule has 0 bridgehead atoms. The maximum absolute atomic E-state index is 11.9. The topological polar surface area (TPSA) is 50.8 Å². The summed E-state index contributed by atoms with van der Waals surface area (Å²) in [7, 11) is 1.67. The molecule has 5 nitrogen and oxygen atoms in total. The number of ether oxygens (including phenoxy) is 2. The number of hydrogen-bond donors (Lipinski definition) is 1. The molecule has 3 rings (SSSR count). The highest BCUT2D eigenvalue weighted by molar-refractivity contribution is 5.80. The molecule has 1 aliphatic heterocycles. The summed E-state index contributed by atoms with van der Waals surface area (Å²) < 4.78 is 10.7. The second kappa shape index (κ2) is 7.11. The van der Waals surface area contributed by atoms with Gasteiger partial charge < -0.3 is 14.8 Å². The van der Waals surface area contributed by atoms with E-state index in [-0.39, 0.29) is 17.9 Å². The van der Waals surface area contributed by atoms with E-state index in [0.717, 1.165) is 44.9 Å². The number of morpholine rings is 1. The van der Waals surface area contributed by atoms with E-state index in [1.807, 2.05) is 12.1 Å². The zero-order valence-electron chi connectivity index (χ0n) is 13.1. The molecule has 5 heteroatoms. The van der Waals surface area contributed by atoms with Crippen LogP contribution >= 0.6 is 0 Å². The van der Waals surface area contributed by atoms with Crippen LogP contribution in [0.2, 0.25) is 0 Å². The van der Waals surface area contributed by atoms with E-state index < -0.39 is 0 Å². The van der Waals surface area contributed by atoms with Crippen molar-refractivity contribution in [2.24, 2.45) is 5.92 Å². The van der Waals surface area contributed by atoms with Crippen molar-refractivity contribution in [3.05, 3.63) is 29.8 Å². The number of rotatable bonds is 6. The number of nitrogens with one attached hydrogen (secondary N) is 1. The Morgan fingerprint density at radius 3 is 2.59 bits per heavy atom. The van der Waals surface area contributed by atoms with Crippen LogP contribution in [0.5, 0.6) is 5.75 Å². The average Bonchev–Trinajstić information content (AvgIpc) is 3.41. The van der Waals surface area contributed by atoms with Crippen LogP contribution in [0.15, 0.2) is 24.3 Å². The molecule has 22 heavy (non-hydrogen) atoms. The molecule has 0 radical (unpaired) electrons. The molecule has 1 atom stereocenters. The predicted octanol–water partition coefficient (Wildman–Crippen LogP) is 1.59. The highest BCUT2D eigenvalue weighted by Gasteiger charge is 2.31. The van der Waals surface area contributed by atoms with Crippen molar-refractivity contribution < 1.29 is 14.3 Å². The Morgan fingerprint density at radius 2 is 2.00 bits per heavy atom. The minimum absolute atomic E-state index is 0.192. The second-order valence-electron chi connectivity index (χ2n) is 5.96. The molecule has 120 valence electrons. The molecule has 1 amide bonds. The molecule has 2 fully saturated rings. The van der Waals surface area contributed by atoms with Crippen LogP contribution in [-0.4, -0.2) is 50.8 Å². The largest absolute Gasteiger partial charge is 0.497 e. The number of amides is 1.